The van der Waals surface area contributed by atoms with Crippen molar-refractivity contribution in [2.45, 2.75) is 6.42 Å². The number of aromatic nitrogens is 4. The number of hydrogen-bond acceptors (Lipinski definition) is 9. The Morgan fingerprint density at radius 1 is 0.935 bits per heavy atom. The number of pyridine rings is 1. The smallest absolute Gasteiger partial charge is 0.230 e. The quantitative estimate of drug-likeness (QED) is 0.465. The summed E-state index contributed by atoms with van der Waals surface area (Å²) in [5.74, 6) is 2.61. The maximum Gasteiger partial charge on any atom is 0.230 e. The van der Waals surface area contributed by atoms with Gasteiger partial charge in [0.1, 0.15) is 23.4 Å². The van der Waals surface area contributed by atoms with Gasteiger partial charge in [0.2, 0.25) is 11.7 Å². The minimum absolute atomic E-state index is 0.139. The van der Waals surface area contributed by atoms with Crippen LogP contribution in [0.3, 0.4) is 0 Å². The number of methoxy groups -OCH3 is 3. The summed E-state index contributed by atoms with van der Waals surface area (Å²) in [4.78, 5) is 17.3. The monoisotopic (exact) mass is 419 g/mol. The van der Waals surface area contributed by atoms with Gasteiger partial charge < -0.3 is 24.6 Å². The van der Waals surface area contributed by atoms with Crippen molar-refractivity contribution >= 4 is 22.5 Å². The van der Waals surface area contributed by atoms with Gasteiger partial charge in [-0.15, -0.1) is 0 Å². The zero-order valence-electron chi connectivity index (χ0n) is 17.3. The molecule has 4 rings (SSSR count). The standard InChI is InChI=1S/C22H21N5O4/c1-29-17-10-14(11-18(30-2)21(17)31-3)26-22-25-12-24-19(27-22)9-13-6-7-16(28)20-15(13)5-4-8-23-20/h4-8,10-12,28H,9H2,1-3H3,(H,24,25,26,27). The Morgan fingerprint density at radius 2 is 1.71 bits per heavy atom. The molecule has 2 aromatic heterocycles. The van der Waals surface area contributed by atoms with Crippen LogP contribution in [-0.4, -0.2) is 46.4 Å². The van der Waals surface area contributed by atoms with Crippen LogP contribution in [0.5, 0.6) is 23.0 Å². The lowest BCUT2D eigenvalue weighted by Gasteiger charge is -2.14. The second kappa shape index (κ2) is 8.70. The van der Waals surface area contributed by atoms with Gasteiger partial charge in [0.15, 0.2) is 11.5 Å². The lowest BCUT2D eigenvalue weighted by Crippen LogP contribution is -2.04. The van der Waals surface area contributed by atoms with Gasteiger partial charge in [0, 0.05) is 35.8 Å². The molecule has 2 N–H and O–H groups in total. The molecule has 0 spiro atoms. The van der Waals surface area contributed by atoms with Crippen LogP contribution in [0, 0.1) is 0 Å². The van der Waals surface area contributed by atoms with Crippen molar-refractivity contribution in [3.05, 3.63) is 60.3 Å². The van der Waals surface area contributed by atoms with E-state index in [-0.39, 0.29) is 5.75 Å². The molecule has 0 atom stereocenters. The Morgan fingerprint density at radius 3 is 2.42 bits per heavy atom. The number of fused-ring (bicyclic) bond motifs is 1. The molecule has 0 radical (unpaired) electrons. The third-order valence-corrected chi connectivity index (χ3v) is 4.73. The zero-order valence-corrected chi connectivity index (χ0v) is 17.3. The maximum atomic E-state index is 10.0. The Balaban J connectivity index is 1.62. The fourth-order valence-electron chi connectivity index (χ4n) is 3.30. The SMILES string of the molecule is COc1cc(Nc2ncnc(Cc3ccc(O)c4ncccc34)n2)cc(OC)c1OC. The lowest BCUT2D eigenvalue weighted by molar-refractivity contribution is 0.324. The summed E-state index contributed by atoms with van der Waals surface area (Å²) in [5, 5.41) is 14.0. The molecule has 0 bridgehead atoms. The van der Waals surface area contributed by atoms with Crippen LogP contribution in [0.2, 0.25) is 0 Å². The average molecular weight is 419 g/mol. The van der Waals surface area contributed by atoms with Crippen molar-refractivity contribution in [3.8, 4) is 23.0 Å². The Kier molecular flexibility index (Phi) is 5.65. The third kappa shape index (κ3) is 4.11. The molecule has 0 amide bonds. The molecule has 0 saturated carbocycles. The fourth-order valence-corrected chi connectivity index (χ4v) is 3.30. The molecule has 31 heavy (non-hydrogen) atoms. The summed E-state index contributed by atoms with van der Waals surface area (Å²) in [6.07, 6.45) is 3.55. The van der Waals surface area contributed by atoms with Gasteiger partial charge >= 0.3 is 0 Å². The lowest BCUT2D eigenvalue weighted by atomic mass is 10.0. The highest BCUT2D eigenvalue weighted by atomic mass is 16.5. The van der Waals surface area contributed by atoms with Gasteiger partial charge in [-0.2, -0.15) is 4.98 Å². The topological polar surface area (TPSA) is 112 Å². The molecule has 2 aromatic carbocycles. The molecular weight excluding hydrogens is 398 g/mol. The van der Waals surface area contributed by atoms with Crippen molar-refractivity contribution in [1.29, 1.82) is 0 Å². The molecule has 9 heteroatoms. The molecule has 0 aliphatic heterocycles. The van der Waals surface area contributed by atoms with Crippen molar-refractivity contribution < 1.29 is 19.3 Å². The summed E-state index contributed by atoms with van der Waals surface area (Å²) in [6.45, 7) is 0. The van der Waals surface area contributed by atoms with Crippen LogP contribution in [0.4, 0.5) is 11.6 Å². The Labute approximate surface area is 178 Å². The van der Waals surface area contributed by atoms with Gasteiger partial charge in [-0.05, 0) is 17.7 Å². The van der Waals surface area contributed by atoms with Crippen LogP contribution in [0.1, 0.15) is 11.4 Å². The molecule has 0 aliphatic rings. The molecule has 2 heterocycles. The largest absolute Gasteiger partial charge is 0.506 e. The van der Waals surface area contributed by atoms with E-state index in [2.05, 4.69) is 25.3 Å². The minimum Gasteiger partial charge on any atom is -0.506 e. The highest BCUT2D eigenvalue weighted by molar-refractivity contribution is 5.87. The van der Waals surface area contributed by atoms with Crippen LogP contribution >= 0.6 is 0 Å². The molecule has 0 unspecified atom stereocenters. The molecule has 0 saturated heterocycles. The van der Waals surface area contributed by atoms with Gasteiger partial charge in [-0.1, -0.05) is 12.1 Å². The molecule has 9 nitrogen and oxygen atoms in total. The van der Waals surface area contributed by atoms with E-state index >= 15 is 0 Å². The van der Waals surface area contributed by atoms with E-state index in [0.717, 1.165) is 10.9 Å². The summed E-state index contributed by atoms with van der Waals surface area (Å²) < 4.78 is 16.1. The second-order valence-corrected chi connectivity index (χ2v) is 6.58. The van der Waals surface area contributed by atoms with Crippen LogP contribution in [-0.2, 0) is 6.42 Å². The van der Waals surface area contributed by atoms with E-state index in [4.69, 9.17) is 14.2 Å². The van der Waals surface area contributed by atoms with Gasteiger partial charge in [0.05, 0.1) is 21.3 Å². The van der Waals surface area contributed by atoms with E-state index in [1.54, 1.807) is 45.7 Å². The number of rotatable bonds is 7. The predicted molar refractivity (Wildman–Crippen MR) is 115 cm³/mol. The highest BCUT2D eigenvalue weighted by Gasteiger charge is 2.14. The first kappa shape index (κ1) is 20.1. The number of anilines is 2. The predicted octanol–water partition coefficient (Wildman–Crippen LogP) is 3.49. The summed E-state index contributed by atoms with van der Waals surface area (Å²) in [7, 11) is 4.66. The summed E-state index contributed by atoms with van der Waals surface area (Å²) >= 11 is 0. The minimum atomic E-state index is 0.139. The molecule has 0 fully saturated rings. The zero-order chi connectivity index (χ0) is 21.8. The van der Waals surface area contributed by atoms with Crippen LogP contribution in [0.25, 0.3) is 10.9 Å². The fraction of sp³-hybridized carbons (Fsp3) is 0.182. The first-order valence-corrected chi connectivity index (χ1v) is 9.43. The normalized spacial score (nSPS) is 10.7. The first-order chi connectivity index (χ1) is 15.1. The number of benzene rings is 2. The van der Waals surface area contributed by atoms with Crippen molar-refractivity contribution in [1.82, 2.24) is 19.9 Å². The van der Waals surface area contributed by atoms with Crippen LogP contribution in [0.15, 0.2) is 48.9 Å². The van der Waals surface area contributed by atoms with E-state index in [1.165, 1.54) is 6.33 Å². The first-order valence-electron chi connectivity index (χ1n) is 9.43. The van der Waals surface area contributed by atoms with E-state index in [9.17, 15) is 5.11 Å². The number of ether oxygens (including phenoxy) is 3. The van der Waals surface area contributed by atoms with E-state index in [1.807, 2.05) is 18.2 Å². The van der Waals surface area contributed by atoms with E-state index < -0.39 is 0 Å². The summed E-state index contributed by atoms with van der Waals surface area (Å²) in [6, 6.07) is 10.7. The average Bonchev–Trinajstić information content (AvgIpc) is 2.80. The number of nitrogens with zero attached hydrogens (tertiary/aromatic N) is 4. The van der Waals surface area contributed by atoms with Crippen LogP contribution < -0.4 is 19.5 Å². The van der Waals surface area contributed by atoms with Gasteiger partial charge in [-0.25, -0.2) is 9.97 Å². The molecule has 0 aliphatic carbocycles. The number of phenols is 1. The van der Waals surface area contributed by atoms with Crippen molar-refractivity contribution in [2.75, 3.05) is 26.6 Å². The highest BCUT2D eigenvalue weighted by Crippen LogP contribution is 2.40. The number of nitrogens with one attached hydrogen (secondary N) is 1. The number of phenolic OH excluding ortho intramolecular Hbond substituents is 1. The van der Waals surface area contributed by atoms with Gasteiger partial charge in [-0.3, -0.25) is 4.98 Å². The van der Waals surface area contributed by atoms with Gasteiger partial charge in [0.25, 0.3) is 0 Å². The van der Waals surface area contributed by atoms with Crippen molar-refractivity contribution in [3.63, 3.8) is 0 Å². The van der Waals surface area contributed by atoms with Crippen molar-refractivity contribution in [2.24, 2.45) is 0 Å². The number of aromatic hydroxyl groups is 1. The second-order valence-electron chi connectivity index (χ2n) is 6.58. The molecule has 4 aromatic rings. The number of hydrogen-bond donors (Lipinski definition) is 2. The molecular formula is C22H21N5O4. The van der Waals surface area contributed by atoms with E-state index in [0.29, 0.717) is 46.6 Å². The Bertz CT molecular complexity index is 1210. The summed E-state index contributed by atoms with van der Waals surface area (Å²) in [5.41, 5.74) is 2.17. The third-order valence-electron chi connectivity index (χ3n) is 4.73. The Hall–Kier alpha value is -4.14. The molecule has 158 valence electrons. The maximum absolute atomic E-state index is 10.0.